The molecule has 10 nitrogen and oxygen atoms in total. The quantitative estimate of drug-likeness (QED) is 0.174. The molecular formula is C22H31F3N4O6. The molecule has 4 atom stereocenters. The lowest BCUT2D eigenvalue weighted by Crippen LogP contribution is -2.55. The van der Waals surface area contributed by atoms with Crippen LogP contribution in [0.15, 0.2) is 30.3 Å². The highest BCUT2D eigenvalue weighted by Gasteiger charge is 2.42. The summed E-state index contributed by atoms with van der Waals surface area (Å²) in [6.45, 7) is 4.51. The molecule has 0 saturated heterocycles. The highest BCUT2D eigenvalue weighted by atomic mass is 19.4. The summed E-state index contributed by atoms with van der Waals surface area (Å²) < 4.78 is 40.2. The van der Waals surface area contributed by atoms with E-state index in [1.807, 2.05) is 5.32 Å². The fourth-order valence-electron chi connectivity index (χ4n) is 3.21. The first kappa shape index (κ1) is 29.8. The maximum atomic E-state index is 13.4. The molecular weight excluding hydrogens is 473 g/mol. The molecule has 0 aliphatic heterocycles. The van der Waals surface area contributed by atoms with Gasteiger partial charge in [0.15, 0.2) is 0 Å². The minimum Gasteiger partial charge on any atom is -0.480 e. The van der Waals surface area contributed by atoms with Crippen LogP contribution in [0, 0.1) is 5.92 Å². The Morgan fingerprint density at radius 1 is 0.943 bits per heavy atom. The van der Waals surface area contributed by atoms with Gasteiger partial charge in [0.05, 0.1) is 12.5 Å². The number of carbonyl (C=O) groups is 4. The van der Waals surface area contributed by atoms with Crippen LogP contribution in [0.4, 0.5) is 13.2 Å². The molecule has 0 aromatic heterocycles. The predicted octanol–water partition coefficient (Wildman–Crippen LogP) is 1.13. The zero-order chi connectivity index (χ0) is 26.8. The first-order valence-electron chi connectivity index (χ1n) is 10.9. The average molecular weight is 505 g/mol. The zero-order valence-electron chi connectivity index (χ0n) is 19.6. The van der Waals surface area contributed by atoms with Crippen LogP contribution in [0.1, 0.15) is 39.2 Å². The number of aliphatic carboxylic acids is 1. The predicted molar refractivity (Wildman–Crippen MR) is 118 cm³/mol. The van der Waals surface area contributed by atoms with Gasteiger partial charge in [-0.2, -0.15) is 13.2 Å². The van der Waals surface area contributed by atoms with Gasteiger partial charge in [-0.25, -0.2) is 10.3 Å². The third-order valence-electron chi connectivity index (χ3n) is 5.00. The van der Waals surface area contributed by atoms with Crippen molar-refractivity contribution in [2.45, 2.75) is 70.4 Å². The lowest BCUT2D eigenvalue weighted by Gasteiger charge is -2.26. The van der Waals surface area contributed by atoms with Gasteiger partial charge in [0.1, 0.15) is 18.1 Å². The number of hydrogen-bond donors (Lipinski definition) is 6. The largest absolute Gasteiger partial charge is 0.480 e. The van der Waals surface area contributed by atoms with Gasteiger partial charge < -0.3 is 15.7 Å². The number of carboxylic acids is 1. The molecule has 0 heterocycles. The number of hydroxylamine groups is 1. The molecule has 1 rings (SSSR count). The fourth-order valence-corrected chi connectivity index (χ4v) is 3.21. The summed E-state index contributed by atoms with van der Waals surface area (Å²) in [6.07, 6.45) is -6.06. The van der Waals surface area contributed by atoms with Gasteiger partial charge in [-0.1, -0.05) is 44.2 Å². The van der Waals surface area contributed by atoms with E-state index in [9.17, 15) is 37.5 Å². The molecule has 3 amide bonds. The molecule has 0 unspecified atom stereocenters. The summed E-state index contributed by atoms with van der Waals surface area (Å²) in [5.74, 6) is -4.58. The van der Waals surface area contributed by atoms with Crippen LogP contribution >= 0.6 is 0 Å². The molecule has 35 heavy (non-hydrogen) atoms. The van der Waals surface area contributed by atoms with Crippen LogP contribution in [-0.4, -0.2) is 64.3 Å². The van der Waals surface area contributed by atoms with Crippen molar-refractivity contribution in [2.24, 2.45) is 5.92 Å². The van der Waals surface area contributed by atoms with Crippen molar-refractivity contribution in [3.05, 3.63) is 35.9 Å². The molecule has 0 spiro atoms. The Kier molecular flexibility index (Phi) is 11.6. The van der Waals surface area contributed by atoms with E-state index in [-0.39, 0.29) is 18.8 Å². The molecule has 0 radical (unpaired) electrons. The maximum Gasteiger partial charge on any atom is 0.404 e. The third kappa shape index (κ3) is 10.7. The van der Waals surface area contributed by atoms with Crippen LogP contribution in [0.25, 0.3) is 0 Å². The first-order chi connectivity index (χ1) is 16.2. The second-order valence-corrected chi connectivity index (χ2v) is 8.50. The standard InChI is InChI=1S/C22H31F3N4O6/c1-12(2)9-15(20(32)28-16(21(33)34)10-14-7-5-4-6-8-14)27-18(30)11-17(22(23,24)25)26-13(3)19(31)29-35/h4-8,12-13,15-17,26,35H,9-11H2,1-3H3,(H,27,30)(H,28,32)(H,29,31)(H,33,34)/t13-,15-,16-,17-/m0/s1. The van der Waals surface area contributed by atoms with E-state index in [1.54, 1.807) is 44.2 Å². The van der Waals surface area contributed by atoms with E-state index in [0.29, 0.717) is 5.56 Å². The summed E-state index contributed by atoms with van der Waals surface area (Å²) in [4.78, 5) is 48.2. The molecule has 1 aromatic carbocycles. The number of hydrogen-bond acceptors (Lipinski definition) is 6. The van der Waals surface area contributed by atoms with E-state index in [4.69, 9.17) is 5.21 Å². The van der Waals surface area contributed by atoms with Crippen molar-refractivity contribution >= 4 is 23.7 Å². The van der Waals surface area contributed by atoms with Gasteiger partial charge in [-0.3, -0.25) is 24.9 Å². The highest BCUT2D eigenvalue weighted by molar-refractivity contribution is 5.90. The Morgan fingerprint density at radius 2 is 1.54 bits per heavy atom. The molecule has 0 saturated carbocycles. The van der Waals surface area contributed by atoms with Crippen LogP contribution < -0.4 is 21.4 Å². The van der Waals surface area contributed by atoms with Crippen molar-refractivity contribution in [2.75, 3.05) is 0 Å². The van der Waals surface area contributed by atoms with Gasteiger partial charge in [0.2, 0.25) is 11.8 Å². The van der Waals surface area contributed by atoms with Crippen LogP contribution in [0.2, 0.25) is 0 Å². The third-order valence-corrected chi connectivity index (χ3v) is 5.00. The first-order valence-corrected chi connectivity index (χ1v) is 10.9. The van der Waals surface area contributed by atoms with Crippen LogP contribution in [0.5, 0.6) is 0 Å². The fraction of sp³-hybridized carbons (Fsp3) is 0.545. The van der Waals surface area contributed by atoms with E-state index >= 15 is 0 Å². The molecule has 0 aliphatic rings. The number of carbonyl (C=O) groups excluding carboxylic acids is 3. The van der Waals surface area contributed by atoms with Gasteiger partial charge in [0.25, 0.3) is 5.91 Å². The zero-order valence-corrected chi connectivity index (χ0v) is 19.6. The molecule has 196 valence electrons. The Labute approximate surface area is 200 Å². The summed E-state index contributed by atoms with van der Waals surface area (Å²) in [5.41, 5.74) is 1.86. The second-order valence-electron chi connectivity index (χ2n) is 8.50. The van der Waals surface area contributed by atoms with Gasteiger partial charge >= 0.3 is 12.1 Å². The van der Waals surface area contributed by atoms with Gasteiger partial charge in [-0.05, 0) is 24.8 Å². The molecule has 1 aromatic rings. The normalized spacial score (nSPS) is 15.0. The van der Waals surface area contributed by atoms with E-state index in [2.05, 4.69) is 10.6 Å². The lowest BCUT2D eigenvalue weighted by molar-refractivity contribution is -0.165. The number of carboxylic acid groups (broad SMARTS) is 1. The van der Waals surface area contributed by atoms with Crippen molar-refractivity contribution in [3.8, 4) is 0 Å². The minimum atomic E-state index is -4.92. The maximum absolute atomic E-state index is 13.4. The summed E-state index contributed by atoms with van der Waals surface area (Å²) in [7, 11) is 0. The highest BCUT2D eigenvalue weighted by Crippen LogP contribution is 2.23. The van der Waals surface area contributed by atoms with E-state index < -0.39 is 60.5 Å². The van der Waals surface area contributed by atoms with Crippen molar-refractivity contribution in [1.82, 2.24) is 21.4 Å². The minimum absolute atomic E-state index is 0.0326. The average Bonchev–Trinajstić information content (AvgIpc) is 2.76. The van der Waals surface area contributed by atoms with Crippen LogP contribution in [-0.2, 0) is 25.6 Å². The monoisotopic (exact) mass is 504 g/mol. The Hall–Kier alpha value is -3.19. The van der Waals surface area contributed by atoms with Crippen molar-refractivity contribution in [1.29, 1.82) is 0 Å². The molecule has 0 fully saturated rings. The number of rotatable bonds is 13. The lowest BCUT2D eigenvalue weighted by atomic mass is 10.0. The second kappa shape index (κ2) is 13.6. The number of amides is 3. The molecule has 0 bridgehead atoms. The van der Waals surface area contributed by atoms with Gasteiger partial charge in [-0.15, -0.1) is 0 Å². The van der Waals surface area contributed by atoms with Crippen molar-refractivity contribution < 1.29 is 42.7 Å². The number of halogens is 3. The number of alkyl halides is 3. The Morgan fingerprint density at radius 3 is 2.03 bits per heavy atom. The Bertz CT molecular complexity index is 866. The SMILES string of the molecule is CC(C)C[C@H](NC(=O)C[C@H](N[C@@H](C)C(=O)NO)C(F)(F)F)C(=O)N[C@@H](Cc1ccccc1)C(=O)O. The number of nitrogens with one attached hydrogen (secondary N) is 4. The van der Waals surface area contributed by atoms with Crippen molar-refractivity contribution in [3.63, 3.8) is 0 Å². The smallest absolute Gasteiger partial charge is 0.404 e. The number of benzene rings is 1. The Balaban J connectivity index is 2.94. The molecule has 13 heteroatoms. The topological polar surface area (TPSA) is 157 Å². The summed E-state index contributed by atoms with van der Waals surface area (Å²) >= 11 is 0. The van der Waals surface area contributed by atoms with E-state index in [0.717, 1.165) is 6.92 Å². The summed E-state index contributed by atoms with van der Waals surface area (Å²) in [6, 6.07) is 1.99. The molecule has 6 N–H and O–H groups in total. The molecule has 0 aliphatic carbocycles. The van der Waals surface area contributed by atoms with Gasteiger partial charge in [0, 0.05) is 6.42 Å². The van der Waals surface area contributed by atoms with E-state index in [1.165, 1.54) is 5.48 Å². The van der Waals surface area contributed by atoms with Crippen LogP contribution in [0.3, 0.4) is 0 Å². The summed E-state index contributed by atoms with van der Waals surface area (Å²) in [5, 5.41) is 24.6.